The fraction of sp³-hybridized carbons (Fsp3) is 0.526. The minimum Gasteiger partial charge on any atom is -0.469 e. The third kappa shape index (κ3) is 9.05. The first-order chi connectivity index (χ1) is 12.4. The number of carbonyl (C=O) groups is 3. The quantitative estimate of drug-likeness (QED) is 0.439. The minimum absolute atomic E-state index is 0.0848. The number of nitrogens with one attached hydrogen (secondary N) is 3. The predicted molar refractivity (Wildman–Crippen MR) is 99.8 cm³/mol. The smallest absolute Gasteiger partial charge is 0.315 e. The lowest BCUT2D eigenvalue weighted by molar-refractivity contribution is -0.140. The molecule has 0 aliphatic rings. The molecule has 0 saturated heterocycles. The number of urea groups is 1. The van der Waals surface area contributed by atoms with Crippen molar-refractivity contribution >= 4 is 17.9 Å². The fourth-order valence-electron chi connectivity index (χ4n) is 2.25. The number of amides is 3. The Morgan fingerprint density at radius 1 is 1.00 bits per heavy atom. The second-order valence-electron chi connectivity index (χ2n) is 6.32. The summed E-state index contributed by atoms with van der Waals surface area (Å²) in [6, 6.07) is 6.99. The van der Waals surface area contributed by atoms with Crippen LogP contribution in [0.1, 0.15) is 55.5 Å². The Morgan fingerprint density at radius 3 is 2.31 bits per heavy atom. The lowest BCUT2D eigenvalue weighted by Gasteiger charge is -2.10. The maximum absolute atomic E-state index is 12.1. The summed E-state index contributed by atoms with van der Waals surface area (Å²) in [5.74, 6) is -0.333. The topological polar surface area (TPSA) is 96.5 Å². The van der Waals surface area contributed by atoms with Crippen LogP contribution in [0.4, 0.5) is 4.79 Å². The molecule has 0 spiro atoms. The summed E-state index contributed by atoms with van der Waals surface area (Å²) in [6.07, 6.45) is 2.85. The number of esters is 1. The van der Waals surface area contributed by atoms with Crippen LogP contribution >= 0.6 is 0 Å². The first kappa shape index (κ1) is 21.5. The highest BCUT2D eigenvalue weighted by Gasteiger charge is 2.06. The molecule has 1 aromatic rings. The molecule has 3 amide bonds. The number of ether oxygens (including phenoxy) is 1. The van der Waals surface area contributed by atoms with E-state index in [2.05, 4.69) is 20.7 Å². The molecule has 0 aromatic heterocycles. The monoisotopic (exact) mass is 363 g/mol. The molecule has 0 radical (unpaired) electrons. The zero-order valence-electron chi connectivity index (χ0n) is 15.8. The van der Waals surface area contributed by atoms with E-state index < -0.39 is 0 Å². The van der Waals surface area contributed by atoms with Gasteiger partial charge >= 0.3 is 12.0 Å². The van der Waals surface area contributed by atoms with Crippen LogP contribution < -0.4 is 16.0 Å². The molecular formula is C19H29N3O4. The summed E-state index contributed by atoms with van der Waals surface area (Å²) >= 11 is 0. The van der Waals surface area contributed by atoms with Crippen molar-refractivity contribution in [2.45, 2.75) is 52.1 Å². The standard InChI is InChI=1S/C19H29N3O4/c1-14(2)22-19(25)21-13-15-8-10-16(11-9-15)18(24)20-12-6-4-5-7-17(23)26-3/h8-11,14H,4-7,12-13H2,1-3H3,(H,20,24)(H2,21,22,25). The number of methoxy groups -OCH3 is 1. The van der Waals surface area contributed by atoms with Crippen LogP contribution in [0.5, 0.6) is 0 Å². The van der Waals surface area contributed by atoms with Crippen LogP contribution in [0.2, 0.25) is 0 Å². The van der Waals surface area contributed by atoms with Crippen molar-refractivity contribution in [2.24, 2.45) is 0 Å². The van der Waals surface area contributed by atoms with Crippen molar-refractivity contribution in [3.05, 3.63) is 35.4 Å². The fourth-order valence-corrected chi connectivity index (χ4v) is 2.25. The molecule has 26 heavy (non-hydrogen) atoms. The summed E-state index contributed by atoms with van der Waals surface area (Å²) in [5, 5.41) is 8.37. The van der Waals surface area contributed by atoms with Crippen molar-refractivity contribution in [1.82, 2.24) is 16.0 Å². The largest absolute Gasteiger partial charge is 0.469 e. The van der Waals surface area contributed by atoms with Gasteiger partial charge in [0.25, 0.3) is 5.91 Å². The molecule has 7 heteroatoms. The van der Waals surface area contributed by atoms with Gasteiger partial charge in [0.05, 0.1) is 7.11 Å². The van der Waals surface area contributed by atoms with Gasteiger partial charge in [-0.3, -0.25) is 9.59 Å². The second kappa shape index (κ2) is 11.9. The first-order valence-corrected chi connectivity index (χ1v) is 8.90. The van der Waals surface area contributed by atoms with Crippen LogP contribution in [0, 0.1) is 0 Å². The Kier molecular flexibility index (Phi) is 9.82. The molecular weight excluding hydrogens is 334 g/mol. The first-order valence-electron chi connectivity index (χ1n) is 8.90. The molecule has 7 nitrogen and oxygen atoms in total. The maximum Gasteiger partial charge on any atom is 0.315 e. The van der Waals surface area contributed by atoms with Crippen molar-refractivity contribution in [3.8, 4) is 0 Å². The van der Waals surface area contributed by atoms with Crippen molar-refractivity contribution < 1.29 is 19.1 Å². The van der Waals surface area contributed by atoms with Crippen molar-refractivity contribution in [3.63, 3.8) is 0 Å². The summed E-state index contributed by atoms with van der Waals surface area (Å²) in [7, 11) is 1.38. The van der Waals surface area contributed by atoms with Gasteiger partial charge in [-0.05, 0) is 44.4 Å². The number of carbonyl (C=O) groups excluding carboxylic acids is 3. The summed E-state index contributed by atoms with van der Waals surface area (Å²) in [5.41, 5.74) is 1.50. The van der Waals surface area contributed by atoms with Gasteiger partial charge in [-0.2, -0.15) is 0 Å². The van der Waals surface area contributed by atoms with Gasteiger partial charge in [-0.1, -0.05) is 18.6 Å². The Balaban J connectivity index is 2.26. The molecule has 0 saturated carbocycles. The Bertz CT molecular complexity index is 585. The molecule has 0 atom stereocenters. The third-order valence-corrected chi connectivity index (χ3v) is 3.66. The number of unbranched alkanes of at least 4 members (excludes halogenated alkanes) is 2. The van der Waals surface area contributed by atoms with E-state index in [1.54, 1.807) is 12.1 Å². The second-order valence-corrected chi connectivity index (χ2v) is 6.32. The SMILES string of the molecule is COC(=O)CCCCCNC(=O)c1ccc(CNC(=O)NC(C)C)cc1. The lowest BCUT2D eigenvalue weighted by atomic mass is 10.1. The van der Waals surface area contributed by atoms with E-state index in [9.17, 15) is 14.4 Å². The van der Waals surface area contributed by atoms with Crippen LogP contribution in [-0.2, 0) is 16.1 Å². The zero-order valence-corrected chi connectivity index (χ0v) is 15.8. The Hall–Kier alpha value is -2.57. The molecule has 0 bridgehead atoms. The Morgan fingerprint density at radius 2 is 1.69 bits per heavy atom. The molecule has 0 fully saturated rings. The lowest BCUT2D eigenvalue weighted by Crippen LogP contribution is -2.39. The molecule has 1 aromatic carbocycles. The van der Waals surface area contributed by atoms with E-state index in [1.807, 2.05) is 26.0 Å². The van der Waals surface area contributed by atoms with Gasteiger partial charge in [0.15, 0.2) is 0 Å². The molecule has 0 aliphatic heterocycles. The van der Waals surface area contributed by atoms with Gasteiger partial charge in [0.1, 0.15) is 0 Å². The van der Waals surface area contributed by atoms with Crippen LogP contribution in [0.3, 0.4) is 0 Å². The highest BCUT2D eigenvalue weighted by Crippen LogP contribution is 2.05. The maximum atomic E-state index is 12.1. The van der Waals surface area contributed by atoms with Gasteiger partial charge < -0.3 is 20.7 Å². The summed E-state index contributed by atoms with van der Waals surface area (Å²) in [6.45, 7) is 4.76. The zero-order chi connectivity index (χ0) is 19.4. The highest BCUT2D eigenvalue weighted by molar-refractivity contribution is 5.94. The van der Waals surface area contributed by atoms with E-state index in [0.717, 1.165) is 24.8 Å². The van der Waals surface area contributed by atoms with E-state index in [4.69, 9.17) is 0 Å². The third-order valence-electron chi connectivity index (χ3n) is 3.66. The number of rotatable bonds is 10. The van der Waals surface area contributed by atoms with Gasteiger partial charge in [-0.25, -0.2) is 4.79 Å². The van der Waals surface area contributed by atoms with Crippen molar-refractivity contribution in [2.75, 3.05) is 13.7 Å². The molecule has 3 N–H and O–H groups in total. The van der Waals surface area contributed by atoms with Gasteiger partial charge in [-0.15, -0.1) is 0 Å². The predicted octanol–water partition coefficient (Wildman–Crippen LogP) is 2.36. The average Bonchev–Trinajstić information content (AvgIpc) is 2.62. The molecule has 0 unspecified atom stereocenters. The summed E-state index contributed by atoms with van der Waals surface area (Å²) in [4.78, 5) is 34.6. The molecule has 0 aliphatic carbocycles. The van der Waals surface area contributed by atoms with Crippen LogP contribution in [-0.4, -0.2) is 37.6 Å². The van der Waals surface area contributed by atoms with Crippen LogP contribution in [0.15, 0.2) is 24.3 Å². The average molecular weight is 363 g/mol. The van der Waals surface area contributed by atoms with Gasteiger partial charge in [0, 0.05) is 31.1 Å². The minimum atomic E-state index is -0.214. The highest BCUT2D eigenvalue weighted by atomic mass is 16.5. The van der Waals surface area contributed by atoms with E-state index in [0.29, 0.717) is 25.1 Å². The molecule has 0 heterocycles. The Labute approximate surface area is 154 Å². The summed E-state index contributed by atoms with van der Waals surface area (Å²) < 4.78 is 4.57. The van der Waals surface area contributed by atoms with E-state index >= 15 is 0 Å². The van der Waals surface area contributed by atoms with Gasteiger partial charge in [0.2, 0.25) is 0 Å². The molecule has 144 valence electrons. The van der Waals surface area contributed by atoms with Crippen LogP contribution in [0.25, 0.3) is 0 Å². The number of hydrogen-bond donors (Lipinski definition) is 3. The molecule has 1 rings (SSSR count). The van der Waals surface area contributed by atoms with Crippen molar-refractivity contribution in [1.29, 1.82) is 0 Å². The van der Waals surface area contributed by atoms with E-state index in [1.165, 1.54) is 7.11 Å². The number of hydrogen-bond acceptors (Lipinski definition) is 4. The normalized spacial score (nSPS) is 10.3. The number of benzene rings is 1. The van der Waals surface area contributed by atoms with E-state index in [-0.39, 0.29) is 23.9 Å².